The molecule has 0 unspecified atom stereocenters. The van der Waals surface area contributed by atoms with Crippen LogP contribution in [-0.4, -0.2) is 47.8 Å². The Labute approximate surface area is 179 Å². The Morgan fingerprint density at radius 3 is 2.43 bits per heavy atom. The van der Waals surface area contributed by atoms with Crippen LogP contribution in [0.25, 0.3) is 11.0 Å². The van der Waals surface area contributed by atoms with Gasteiger partial charge in [0.15, 0.2) is 0 Å². The summed E-state index contributed by atoms with van der Waals surface area (Å²) in [5.74, 6) is 2.98. The van der Waals surface area contributed by atoms with Crippen molar-refractivity contribution in [3.63, 3.8) is 0 Å². The molecule has 0 N–H and O–H groups in total. The van der Waals surface area contributed by atoms with Crippen LogP contribution in [0.2, 0.25) is 0 Å². The second kappa shape index (κ2) is 10.5. The van der Waals surface area contributed by atoms with Crippen LogP contribution in [0.5, 0.6) is 11.5 Å². The van der Waals surface area contributed by atoms with E-state index in [1.165, 1.54) is 50.2 Å². The van der Waals surface area contributed by atoms with Crippen molar-refractivity contribution in [2.75, 3.05) is 33.4 Å². The van der Waals surface area contributed by atoms with Crippen molar-refractivity contribution in [3.8, 4) is 11.5 Å². The second-order valence-corrected chi connectivity index (χ2v) is 8.05. The summed E-state index contributed by atoms with van der Waals surface area (Å²) < 4.78 is 13.5. The van der Waals surface area contributed by atoms with Crippen molar-refractivity contribution in [1.29, 1.82) is 0 Å². The van der Waals surface area contributed by atoms with E-state index >= 15 is 0 Å². The minimum Gasteiger partial charge on any atom is -0.497 e. The summed E-state index contributed by atoms with van der Waals surface area (Å²) in [6.45, 7) is 5.45. The van der Waals surface area contributed by atoms with E-state index in [2.05, 4.69) is 33.7 Å². The van der Waals surface area contributed by atoms with Crippen molar-refractivity contribution in [3.05, 3.63) is 54.4 Å². The standard InChI is InChI=1S/C25H33N3O2/c1-29-21-12-14-22(15-13-21)30-20-7-6-19-28-24-10-3-2-9-23(24)26-25(28)11-8-18-27-16-4-5-17-27/h2-3,9-10,12-15H,4-8,11,16-20H2,1H3. The smallest absolute Gasteiger partial charge is 0.119 e. The van der Waals surface area contributed by atoms with Crippen molar-refractivity contribution < 1.29 is 9.47 Å². The van der Waals surface area contributed by atoms with E-state index < -0.39 is 0 Å². The normalized spacial score (nSPS) is 14.4. The van der Waals surface area contributed by atoms with Gasteiger partial charge in [0.25, 0.3) is 0 Å². The molecule has 5 nitrogen and oxygen atoms in total. The number of aryl methyl sites for hydroxylation is 2. The molecule has 0 aliphatic carbocycles. The number of nitrogens with zero attached hydrogens (tertiary/aromatic N) is 3. The van der Waals surface area contributed by atoms with E-state index in [1.807, 2.05) is 24.3 Å². The van der Waals surface area contributed by atoms with E-state index in [4.69, 9.17) is 14.5 Å². The Morgan fingerprint density at radius 2 is 1.63 bits per heavy atom. The minimum atomic E-state index is 0.725. The molecular formula is C25H33N3O2. The van der Waals surface area contributed by atoms with Gasteiger partial charge < -0.3 is 18.9 Å². The molecule has 160 valence electrons. The van der Waals surface area contributed by atoms with Crippen LogP contribution in [0.15, 0.2) is 48.5 Å². The van der Waals surface area contributed by atoms with Gasteiger partial charge in [0, 0.05) is 13.0 Å². The van der Waals surface area contributed by atoms with Crippen molar-refractivity contribution in [2.24, 2.45) is 0 Å². The van der Waals surface area contributed by atoms with Gasteiger partial charge in [0.05, 0.1) is 24.8 Å². The van der Waals surface area contributed by atoms with Crippen molar-refractivity contribution in [1.82, 2.24) is 14.5 Å². The molecule has 5 heteroatoms. The maximum absolute atomic E-state index is 5.88. The summed E-state index contributed by atoms with van der Waals surface area (Å²) >= 11 is 0. The number of fused-ring (bicyclic) bond motifs is 1. The summed E-state index contributed by atoms with van der Waals surface area (Å²) in [6, 6.07) is 16.3. The maximum atomic E-state index is 5.88. The first-order valence-corrected chi connectivity index (χ1v) is 11.3. The third kappa shape index (κ3) is 5.33. The molecule has 1 aliphatic rings. The molecule has 2 aromatic carbocycles. The number of aromatic nitrogens is 2. The third-order valence-corrected chi connectivity index (χ3v) is 5.91. The summed E-state index contributed by atoms with van der Waals surface area (Å²) in [5, 5.41) is 0. The molecular weight excluding hydrogens is 374 g/mol. The van der Waals surface area contributed by atoms with E-state index in [0.29, 0.717) is 0 Å². The number of hydrogen-bond donors (Lipinski definition) is 0. The SMILES string of the molecule is COc1ccc(OCCCCn2c(CCCN3CCCC3)nc3ccccc32)cc1. The highest BCUT2D eigenvalue weighted by Crippen LogP contribution is 2.20. The van der Waals surface area contributed by atoms with Crippen LogP contribution in [0, 0.1) is 0 Å². The topological polar surface area (TPSA) is 39.5 Å². The number of hydrogen-bond acceptors (Lipinski definition) is 4. The number of ether oxygens (including phenoxy) is 2. The number of benzene rings is 2. The van der Waals surface area contributed by atoms with Gasteiger partial charge in [-0.2, -0.15) is 0 Å². The lowest BCUT2D eigenvalue weighted by Gasteiger charge is -2.14. The minimum absolute atomic E-state index is 0.725. The zero-order valence-electron chi connectivity index (χ0n) is 18.1. The van der Waals surface area contributed by atoms with Gasteiger partial charge in [-0.05, 0) is 88.1 Å². The summed E-state index contributed by atoms with van der Waals surface area (Å²) in [4.78, 5) is 7.53. The van der Waals surface area contributed by atoms with Gasteiger partial charge in [0.2, 0.25) is 0 Å². The van der Waals surface area contributed by atoms with Crippen LogP contribution < -0.4 is 9.47 Å². The molecule has 0 bridgehead atoms. The predicted octanol–water partition coefficient (Wildman–Crippen LogP) is 4.93. The second-order valence-electron chi connectivity index (χ2n) is 8.05. The van der Waals surface area contributed by atoms with Gasteiger partial charge in [-0.1, -0.05) is 12.1 Å². The average Bonchev–Trinajstić information content (AvgIpc) is 3.42. The monoisotopic (exact) mass is 407 g/mol. The molecule has 1 fully saturated rings. The lowest BCUT2D eigenvalue weighted by Crippen LogP contribution is -2.21. The lowest BCUT2D eigenvalue weighted by molar-refractivity contribution is 0.302. The zero-order chi connectivity index (χ0) is 20.6. The summed E-state index contributed by atoms with van der Waals surface area (Å²) in [7, 11) is 1.68. The van der Waals surface area contributed by atoms with Crippen LogP contribution >= 0.6 is 0 Å². The third-order valence-electron chi connectivity index (χ3n) is 5.91. The highest BCUT2D eigenvalue weighted by molar-refractivity contribution is 5.75. The number of rotatable bonds is 11. The molecule has 2 heterocycles. The van der Waals surface area contributed by atoms with Crippen LogP contribution in [0.3, 0.4) is 0 Å². The Balaban J connectivity index is 1.29. The molecule has 0 spiro atoms. The highest BCUT2D eigenvalue weighted by Gasteiger charge is 2.13. The fourth-order valence-corrected chi connectivity index (χ4v) is 4.27. The highest BCUT2D eigenvalue weighted by atomic mass is 16.5. The molecule has 3 aromatic rings. The largest absolute Gasteiger partial charge is 0.497 e. The lowest BCUT2D eigenvalue weighted by atomic mass is 10.2. The van der Waals surface area contributed by atoms with Gasteiger partial charge in [0.1, 0.15) is 17.3 Å². The molecule has 1 aliphatic heterocycles. The Morgan fingerprint density at radius 1 is 0.867 bits per heavy atom. The quantitative estimate of drug-likeness (QED) is 0.423. The summed E-state index contributed by atoms with van der Waals surface area (Å²) in [5.41, 5.74) is 2.37. The predicted molar refractivity (Wildman–Crippen MR) is 121 cm³/mol. The van der Waals surface area contributed by atoms with Crippen LogP contribution in [-0.2, 0) is 13.0 Å². The summed E-state index contributed by atoms with van der Waals surface area (Å²) in [6.07, 6.45) is 7.05. The molecule has 0 saturated carbocycles. The molecule has 4 rings (SSSR count). The Kier molecular flexibility index (Phi) is 7.25. The maximum Gasteiger partial charge on any atom is 0.119 e. The van der Waals surface area contributed by atoms with Crippen molar-refractivity contribution in [2.45, 2.75) is 45.1 Å². The first-order chi connectivity index (χ1) is 14.8. The van der Waals surface area contributed by atoms with Gasteiger partial charge in [-0.3, -0.25) is 0 Å². The number of unbranched alkanes of at least 4 members (excludes halogenated alkanes) is 1. The van der Waals surface area contributed by atoms with Gasteiger partial charge in [-0.15, -0.1) is 0 Å². The van der Waals surface area contributed by atoms with Gasteiger partial charge >= 0.3 is 0 Å². The van der Waals surface area contributed by atoms with E-state index in [-0.39, 0.29) is 0 Å². The average molecular weight is 408 g/mol. The van der Waals surface area contributed by atoms with E-state index in [0.717, 1.165) is 49.4 Å². The fraction of sp³-hybridized carbons (Fsp3) is 0.480. The first-order valence-electron chi connectivity index (χ1n) is 11.3. The van der Waals surface area contributed by atoms with Crippen molar-refractivity contribution >= 4 is 11.0 Å². The zero-order valence-corrected chi connectivity index (χ0v) is 18.1. The fourth-order valence-electron chi connectivity index (χ4n) is 4.27. The number of likely N-dealkylation sites (tertiary alicyclic amines) is 1. The molecule has 0 atom stereocenters. The number of methoxy groups -OCH3 is 1. The van der Waals surface area contributed by atoms with E-state index in [9.17, 15) is 0 Å². The first kappa shape index (κ1) is 20.7. The number of para-hydroxylation sites is 2. The Hall–Kier alpha value is -2.53. The molecule has 30 heavy (non-hydrogen) atoms. The van der Waals surface area contributed by atoms with Gasteiger partial charge in [-0.25, -0.2) is 4.98 Å². The van der Waals surface area contributed by atoms with E-state index in [1.54, 1.807) is 7.11 Å². The Bertz CT molecular complexity index is 914. The molecule has 1 aromatic heterocycles. The molecule has 0 amide bonds. The molecule has 1 saturated heterocycles. The van der Waals surface area contributed by atoms with Crippen LogP contribution in [0.4, 0.5) is 0 Å². The molecule has 0 radical (unpaired) electrons. The number of imidazole rings is 1. The van der Waals surface area contributed by atoms with Crippen LogP contribution in [0.1, 0.15) is 37.9 Å².